The molecule has 1 amide bonds. The summed E-state index contributed by atoms with van der Waals surface area (Å²) in [7, 11) is 2.06. The maximum absolute atomic E-state index is 11.9. The Morgan fingerprint density at radius 3 is 2.50 bits per heavy atom. The molecular formula is C12H18N4O2. The number of hydrazine groups is 1. The summed E-state index contributed by atoms with van der Waals surface area (Å²) in [6.45, 7) is 4.96. The number of ketones is 1. The van der Waals surface area contributed by atoms with E-state index in [2.05, 4.69) is 22.4 Å². The third-order valence-corrected chi connectivity index (χ3v) is 3.10. The van der Waals surface area contributed by atoms with Crippen molar-refractivity contribution in [2.75, 3.05) is 33.2 Å². The molecule has 0 saturated carbocycles. The van der Waals surface area contributed by atoms with Gasteiger partial charge in [0, 0.05) is 37.9 Å². The number of nitrogens with zero attached hydrogens (tertiary/aromatic N) is 2. The van der Waals surface area contributed by atoms with Gasteiger partial charge in [0.1, 0.15) is 5.69 Å². The van der Waals surface area contributed by atoms with Gasteiger partial charge in [-0.3, -0.25) is 15.0 Å². The van der Waals surface area contributed by atoms with Gasteiger partial charge in [-0.15, -0.1) is 0 Å². The van der Waals surface area contributed by atoms with Crippen LogP contribution in [0.2, 0.25) is 0 Å². The van der Waals surface area contributed by atoms with E-state index in [4.69, 9.17) is 0 Å². The number of amides is 1. The lowest BCUT2D eigenvalue weighted by atomic mass is 10.2. The molecule has 1 fully saturated rings. The lowest BCUT2D eigenvalue weighted by Crippen LogP contribution is -2.52. The van der Waals surface area contributed by atoms with Crippen LogP contribution < -0.4 is 5.43 Å². The number of carbonyl (C=O) groups is 2. The third kappa shape index (κ3) is 2.96. The van der Waals surface area contributed by atoms with Crippen LogP contribution in [0.3, 0.4) is 0 Å². The first-order valence-corrected chi connectivity index (χ1v) is 6.00. The Labute approximate surface area is 106 Å². The molecule has 6 heteroatoms. The van der Waals surface area contributed by atoms with Gasteiger partial charge in [0.15, 0.2) is 5.78 Å². The predicted molar refractivity (Wildman–Crippen MR) is 67.3 cm³/mol. The summed E-state index contributed by atoms with van der Waals surface area (Å²) in [4.78, 5) is 28.1. The quantitative estimate of drug-likeness (QED) is 0.747. The minimum atomic E-state index is -0.202. The van der Waals surface area contributed by atoms with Crippen molar-refractivity contribution in [2.45, 2.75) is 6.92 Å². The van der Waals surface area contributed by atoms with Crippen LogP contribution in [-0.2, 0) is 0 Å². The fourth-order valence-corrected chi connectivity index (χ4v) is 1.85. The molecule has 2 heterocycles. The van der Waals surface area contributed by atoms with E-state index in [9.17, 15) is 9.59 Å². The number of nitrogens with one attached hydrogen (secondary N) is 2. The van der Waals surface area contributed by atoms with Crippen LogP contribution >= 0.6 is 0 Å². The minimum absolute atomic E-state index is 0.0510. The molecule has 0 aromatic carbocycles. The first-order chi connectivity index (χ1) is 8.56. The molecule has 0 radical (unpaired) electrons. The first kappa shape index (κ1) is 12.8. The molecule has 6 nitrogen and oxygen atoms in total. The molecule has 1 saturated heterocycles. The van der Waals surface area contributed by atoms with Gasteiger partial charge in [0.25, 0.3) is 5.91 Å². The van der Waals surface area contributed by atoms with E-state index in [0.717, 1.165) is 26.2 Å². The van der Waals surface area contributed by atoms with E-state index in [1.165, 1.54) is 6.92 Å². The number of carbonyl (C=O) groups excluding carboxylic acids is 2. The zero-order valence-electron chi connectivity index (χ0n) is 10.7. The number of Topliss-reactive ketones (excluding diaryl/α,β-unsaturated/α-hetero) is 1. The van der Waals surface area contributed by atoms with Crippen molar-refractivity contribution in [2.24, 2.45) is 0 Å². The minimum Gasteiger partial charge on any atom is -0.356 e. The topological polar surface area (TPSA) is 68.4 Å². The fourth-order valence-electron chi connectivity index (χ4n) is 1.85. The Bertz CT molecular complexity index is 447. The molecule has 0 spiro atoms. The van der Waals surface area contributed by atoms with E-state index in [-0.39, 0.29) is 11.7 Å². The van der Waals surface area contributed by atoms with E-state index in [1.807, 2.05) is 5.01 Å². The van der Waals surface area contributed by atoms with Crippen LogP contribution in [0.25, 0.3) is 0 Å². The molecule has 2 rings (SSSR count). The molecule has 1 aromatic heterocycles. The van der Waals surface area contributed by atoms with E-state index < -0.39 is 0 Å². The monoisotopic (exact) mass is 250 g/mol. The van der Waals surface area contributed by atoms with Crippen molar-refractivity contribution in [1.82, 2.24) is 20.3 Å². The molecule has 98 valence electrons. The fraction of sp³-hybridized carbons (Fsp3) is 0.500. The number of aromatic amines is 1. The van der Waals surface area contributed by atoms with Gasteiger partial charge in [0.05, 0.1) is 0 Å². The van der Waals surface area contributed by atoms with Crippen LogP contribution in [0, 0.1) is 0 Å². The van der Waals surface area contributed by atoms with Crippen LogP contribution in [0.5, 0.6) is 0 Å². The number of H-pyrrole nitrogens is 1. The smallest absolute Gasteiger partial charge is 0.281 e. The summed E-state index contributed by atoms with van der Waals surface area (Å²) in [6.07, 6.45) is 1.56. The zero-order chi connectivity index (χ0) is 13.1. The normalized spacial score (nSPS) is 17.7. The first-order valence-electron chi connectivity index (χ1n) is 6.00. The van der Waals surface area contributed by atoms with E-state index in [1.54, 1.807) is 12.3 Å². The van der Waals surface area contributed by atoms with Gasteiger partial charge in [-0.1, -0.05) is 0 Å². The summed E-state index contributed by atoms with van der Waals surface area (Å²) in [5, 5.41) is 1.90. The van der Waals surface area contributed by atoms with E-state index in [0.29, 0.717) is 11.3 Å². The lowest BCUT2D eigenvalue weighted by molar-refractivity contribution is 0.0658. The second kappa shape index (κ2) is 5.32. The average molecular weight is 250 g/mol. The van der Waals surface area contributed by atoms with E-state index >= 15 is 0 Å². The van der Waals surface area contributed by atoms with Gasteiger partial charge in [0.2, 0.25) is 0 Å². The van der Waals surface area contributed by atoms with Crippen LogP contribution in [0.15, 0.2) is 12.3 Å². The highest BCUT2D eigenvalue weighted by Gasteiger charge is 2.17. The Hall–Kier alpha value is -1.66. The number of rotatable bonds is 3. The Morgan fingerprint density at radius 1 is 1.28 bits per heavy atom. The molecule has 0 bridgehead atoms. The van der Waals surface area contributed by atoms with Gasteiger partial charge in [-0.05, 0) is 20.0 Å². The SMILES string of the molecule is CC(=O)c1c[nH]c(C(=O)NN2CCN(C)CC2)c1. The Kier molecular flexibility index (Phi) is 3.78. The summed E-state index contributed by atoms with van der Waals surface area (Å²) < 4.78 is 0. The van der Waals surface area contributed by atoms with Gasteiger partial charge in [-0.25, -0.2) is 5.01 Å². The highest BCUT2D eigenvalue weighted by molar-refractivity contribution is 5.98. The number of hydrogen-bond donors (Lipinski definition) is 2. The van der Waals surface area contributed by atoms with Crippen LogP contribution in [0.1, 0.15) is 27.8 Å². The standard InChI is InChI=1S/C12H18N4O2/c1-9(17)10-7-11(13-8-10)12(18)14-16-5-3-15(2)4-6-16/h7-8,13H,3-6H2,1-2H3,(H,14,18). The highest BCUT2D eigenvalue weighted by Crippen LogP contribution is 2.05. The maximum Gasteiger partial charge on any atom is 0.281 e. The van der Waals surface area contributed by atoms with Crippen molar-refractivity contribution >= 4 is 11.7 Å². The summed E-state index contributed by atoms with van der Waals surface area (Å²) in [5.41, 5.74) is 3.78. The second-order valence-electron chi connectivity index (χ2n) is 4.59. The largest absolute Gasteiger partial charge is 0.356 e. The maximum atomic E-state index is 11.9. The molecule has 0 aliphatic carbocycles. The number of hydrogen-bond acceptors (Lipinski definition) is 4. The summed E-state index contributed by atoms with van der Waals surface area (Å²) in [5.74, 6) is -0.253. The molecule has 1 aliphatic rings. The third-order valence-electron chi connectivity index (χ3n) is 3.10. The van der Waals surface area contributed by atoms with Crippen LogP contribution in [0.4, 0.5) is 0 Å². The molecule has 0 atom stereocenters. The molecular weight excluding hydrogens is 232 g/mol. The lowest BCUT2D eigenvalue weighted by Gasteiger charge is -2.32. The Balaban J connectivity index is 1.93. The molecule has 18 heavy (non-hydrogen) atoms. The highest BCUT2D eigenvalue weighted by atomic mass is 16.2. The van der Waals surface area contributed by atoms with Crippen molar-refractivity contribution < 1.29 is 9.59 Å². The molecule has 0 unspecified atom stereocenters. The summed E-state index contributed by atoms with van der Waals surface area (Å²) >= 11 is 0. The van der Waals surface area contributed by atoms with Gasteiger partial charge < -0.3 is 9.88 Å². The zero-order valence-corrected chi connectivity index (χ0v) is 10.7. The van der Waals surface area contributed by atoms with Crippen molar-refractivity contribution in [1.29, 1.82) is 0 Å². The van der Waals surface area contributed by atoms with Crippen molar-refractivity contribution in [3.63, 3.8) is 0 Å². The summed E-state index contributed by atoms with van der Waals surface area (Å²) in [6, 6.07) is 1.58. The second-order valence-corrected chi connectivity index (χ2v) is 4.59. The average Bonchev–Trinajstić information content (AvgIpc) is 2.81. The van der Waals surface area contributed by atoms with Gasteiger partial charge in [-0.2, -0.15) is 0 Å². The molecule has 1 aliphatic heterocycles. The van der Waals surface area contributed by atoms with Gasteiger partial charge >= 0.3 is 0 Å². The molecule has 2 N–H and O–H groups in total. The molecule has 1 aromatic rings. The van der Waals surface area contributed by atoms with Crippen LogP contribution in [-0.4, -0.2) is 59.8 Å². The Morgan fingerprint density at radius 2 is 1.94 bits per heavy atom. The van der Waals surface area contributed by atoms with Crippen molar-refractivity contribution in [3.05, 3.63) is 23.5 Å². The number of aromatic nitrogens is 1. The number of piperazine rings is 1. The number of likely N-dealkylation sites (N-methyl/N-ethyl adjacent to an activating group) is 1. The predicted octanol–water partition coefficient (Wildman–Crippen LogP) is 0.110. The van der Waals surface area contributed by atoms with Crippen molar-refractivity contribution in [3.8, 4) is 0 Å².